The van der Waals surface area contributed by atoms with Gasteiger partial charge in [0.25, 0.3) is 0 Å². The summed E-state index contributed by atoms with van der Waals surface area (Å²) >= 11 is 0. The van der Waals surface area contributed by atoms with E-state index in [9.17, 15) is 14.4 Å². The van der Waals surface area contributed by atoms with Crippen molar-refractivity contribution in [3.8, 4) is 0 Å². The Kier molecular flexibility index (Phi) is 4.85. The SMILES string of the molecule is CC(=O)c1cccc(NC(=O)NC(C)(C)CC(=O)O)c1. The molecule has 6 heteroatoms. The molecule has 0 fully saturated rings. The third-order valence-electron chi connectivity index (χ3n) is 2.57. The first-order chi connectivity index (χ1) is 9.19. The number of hydrogen-bond donors (Lipinski definition) is 3. The molecule has 1 rings (SSSR count). The molecule has 0 spiro atoms. The lowest BCUT2D eigenvalue weighted by molar-refractivity contribution is -0.138. The van der Waals surface area contributed by atoms with Gasteiger partial charge < -0.3 is 15.7 Å². The van der Waals surface area contributed by atoms with Crippen LogP contribution in [0.4, 0.5) is 10.5 Å². The van der Waals surface area contributed by atoms with E-state index in [2.05, 4.69) is 10.6 Å². The lowest BCUT2D eigenvalue weighted by Crippen LogP contribution is -2.46. The van der Waals surface area contributed by atoms with Crippen molar-refractivity contribution in [1.29, 1.82) is 0 Å². The van der Waals surface area contributed by atoms with Gasteiger partial charge in [-0.2, -0.15) is 0 Å². The normalized spacial score (nSPS) is 10.8. The zero-order valence-electron chi connectivity index (χ0n) is 11.7. The zero-order chi connectivity index (χ0) is 15.3. The highest BCUT2D eigenvalue weighted by atomic mass is 16.4. The fourth-order valence-electron chi connectivity index (χ4n) is 1.71. The number of aliphatic carboxylic acids is 1. The minimum Gasteiger partial charge on any atom is -0.481 e. The van der Waals surface area contributed by atoms with Gasteiger partial charge in [0.15, 0.2) is 5.78 Å². The molecule has 1 aromatic rings. The number of urea groups is 1. The van der Waals surface area contributed by atoms with Gasteiger partial charge in [0.1, 0.15) is 0 Å². The predicted octanol–water partition coefficient (Wildman–Crippen LogP) is 2.26. The molecule has 0 radical (unpaired) electrons. The highest BCUT2D eigenvalue weighted by molar-refractivity contribution is 5.96. The number of Topliss-reactive ketones (excluding diaryl/α,β-unsaturated/α-hetero) is 1. The van der Waals surface area contributed by atoms with Gasteiger partial charge in [0.2, 0.25) is 0 Å². The Bertz CT molecular complexity index is 538. The standard InChI is InChI=1S/C14H18N2O4/c1-9(17)10-5-4-6-11(7-10)15-13(20)16-14(2,3)8-12(18)19/h4-7H,8H2,1-3H3,(H,18,19)(H2,15,16,20). The van der Waals surface area contributed by atoms with Gasteiger partial charge in [0.05, 0.1) is 6.42 Å². The van der Waals surface area contributed by atoms with Crippen LogP contribution in [0.2, 0.25) is 0 Å². The van der Waals surface area contributed by atoms with Gasteiger partial charge >= 0.3 is 12.0 Å². The van der Waals surface area contributed by atoms with Crippen LogP contribution in [0.15, 0.2) is 24.3 Å². The maximum Gasteiger partial charge on any atom is 0.319 e. The van der Waals surface area contributed by atoms with E-state index in [1.807, 2.05) is 0 Å². The number of carbonyl (C=O) groups is 3. The molecule has 0 aliphatic carbocycles. The Morgan fingerprint density at radius 2 is 1.90 bits per heavy atom. The predicted molar refractivity (Wildman–Crippen MR) is 74.9 cm³/mol. The van der Waals surface area contributed by atoms with Crippen LogP contribution in [0, 0.1) is 0 Å². The van der Waals surface area contributed by atoms with E-state index in [0.29, 0.717) is 11.3 Å². The van der Waals surface area contributed by atoms with Crippen LogP contribution < -0.4 is 10.6 Å². The average Bonchev–Trinajstić information content (AvgIpc) is 2.25. The second-order valence-corrected chi connectivity index (χ2v) is 5.17. The summed E-state index contributed by atoms with van der Waals surface area (Å²) in [6.07, 6.45) is -0.187. The summed E-state index contributed by atoms with van der Waals surface area (Å²) in [5.74, 6) is -1.09. The molecule has 0 aromatic heterocycles. The first kappa shape index (κ1) is 15.7. The van der Waals surface area contributed by atoms with Crippen LogP contribution >= 0.6 is 0 Å². The van der Waals surface area contributed by atoms with Crippen LogP contribution in [0.25, 0.3) is 0 Å². The number of benzene rings is 1. The average molecular weight is 278 g/mol. The van der Waals surface area contributed by atoms with Crippen molar-refractivity contribution in [2.24, 2.45) is 0 Å². The Morgan fingerprint density at radius 3 is 2.45 bits per heavy atom. The summed E-state index contributed by atoms with van der Waals surface area (Å²) < 4.78 is 0. The first-order valence-electron chi connectivity index (χ1n) is 6.11. The van der Waals surface area contributed by atoms with E-state index in [1.165, 1.54) is 6.92 Å². The molecule has 0 aliphatic heterocycles. The highest BCUT2D eigenvalue weighted by Gasteiger charge is 2.23. The molecule has 6 nitrogen and oxygen atoms in total. The molecule has 2 amide bonds. The lowest BCUT2D eigenvalue weighted by atomic mass is 10.0. The zero-order valence-corrected chi connectivity index (χ0v) is 11.7. The molecular formula is C14H18N2O4. The minimum atomic E-state index is -0.992. The summed E-state index contributed by atoms with van der Waals surface area (Å²) in [7, 11) is 0. The maximum atomic E-state index is 11.8. The number of rotatable bonds is 5. The summed E-state index contributed by atoms with van der Waals surface area (Å²) in [6, 6.07) is 6.01. The van der Waals surface area contributed by atoms with Gasteiger partial charge in [-0.25, -0.2) is 4.79 Å². The third kappa shape index (κ3) is 5.09. The van der Waals surface area contributed by atoms with E-state index in [1.54, 1.807) is 38.1 Å². The van der Waals surface area contributed by atoms with Crippen LogP contribution in [0.1, 0.15) is 37.6 Å². The van der Waals surface area contributed by atoms with Crippen molar-refractivity contribution in [3.63, 3.8) is 0 Å². The smallest absolute Gasteiger partial charge is 0.319 e. The first-order valence-corrected chi connectivity index (χ1v) is 6.11. The largest absolute Gasteiger partial charge is 0.481 e. The monoisotopic (exact) mass is 278 g/mol. The quantitative estimate of drug-likeness (QED) is 0.720. The molecule has 0 bridgehead atoms. The summed E-state index contributed by atoms with van der Waals surface area (Å²) in [4.78, 5) is 33.7. The number of ketones is 1. The van der Waals surface area contributed by atoms with Gasteiger partial charge in [-0.15, -0.1) is 0 Å². The molecule has 0 aliphatic rings. The van der Waals surface area contributed by atoms with Crippen molar-refractivity contribution in [1.82, 2.24) is 5.32 Å². The molecule has 1 aromatic carbocycles. The molecular weight excluding hydrogens is 260 g/mol. The minimum absolute atomic E-state index is 0.0970. The highest BCUT2D eigenvalue weighted by Crippen LogP contribution is 2.13. The number of anilines is 1. The van der Waals surface area contributed by atoms with Crippen LogP contribution in [0.5, 0.6) is 0 Å². The van der Waals surface area contributed by atoms with Crippen LogP contribution in [-0.2, 0) is 4.79 Å². The van der Waals surface area contributed by atoms with E-state index in [-0.39, 0.29) is 12.2 Å². The maximum absolute atomic E-state index is 11.8. The topological polar surface area (TPSA) is 95.5 Å². The molecule has 20 heavy (non-hydrogen) atoms. The van der Waals surface area contributed by atoms with Crippen molar-refractivity contribution < 1.29 is 19.5 Å². The second-order valence-electron chi connectivity index (χ2n) is 5.17. The summed E-state index contributed by atoms with van der Waals surface area (Å²) in [5, 5.41) is 13.9. The Labute approximate surface area is 117 Å². The number of nitrogens with one attached hydrogen (secondary N) is 2. The van der Waals surface area contributed by atoms with Crippen LogP contribution in [-0.4, -0.2) is 28.4 Å². The van der Waals surface area contributed by atoms with Crippen molar-refractivity contribution in [2.75, 3.05) is 5.32 Å². The van der Waals surface area contributed by atoms with Gasteiger partial charge in [-0.05, 0) is 32.9 Å². The summed E-state index contributed by atoms with van der Waals surface area (Å²) in [6.45, 7) is 4.68. The Morgan fingerprint density at radius 1 is 1.25 bits per heavy atom. The lowest BCUT2D eigenvalue weighted by Gasteiger charge is -2.24. The van der Waals surface area contributed by atoms with Crippen molar-refractivity contribution in [3.05, 3.63) is 29.8 Å². The van der Waals surface area contributed by atoms with Crippen molar-refractivity contribution >= 4 is 23.5 Å². The number of carboxylic acid groups (broad SMARTS) is 1. The van der Waals surface area contributed by atoms with Gasteiger partial charge in [-0.1, -0.05) is 12.1 Å². The summed E-state index contributed by atoms with van der Waals surface area (Å²) in [5.41, 5.74) is 0.0996. The Hall–Kier alpha value is -2.37. The molecule has 0 unspecified atom stereocenters. The van der Waals surface area contributed by atoms with E-state index < -0.39 is 17.5 Å². The third-order valence-corrected chi connectivity index (χ3v) is 2.57. The molecule has 0 atom stereocenters. The fraction of sp³-hybridized carbons (Fsp3) is 0.357. The second kappa shape index (κ2) is 6.18. The fourth-order valence-corrected chi connectivity index (χ4v) is 1.71. The Balaban J connectivity index is 2.69. The molecule has 0 saturated carbocycles. The van der Waals surface area contributed by atoms with E-state index in [0.717, 1.165) is 0 Å². The molecule has 3 N–H and O–H groups in total. The molecule has 0 heterocycles. The number of hydrogen-bond acceptors (Lipinski definition) is 3. The van der Waals surface area contributed by atoms with Gasteiger partial charge in [0, 0.05) is 16.8 Å². The van der Waals surface area contributed by atoms with Crippen molar-refractivity contribution in [2.45, 2.75) is 32.7 Å². The van der Waals surface area contributed by atoms with Crippen LogP contribution in [0.3, 0.4) is 0 Å². The number of carbonyl (C=O) groups excluding carboxylic acids is 2. The van der Waals surface area contributed by atoms with E-state index >= 15 is 0 Å². The number of amides is 2. The molecule has 108 valence electrons. The van der Waals surface area contributed by atoms with E-state index in [4.69, 9.17) is 5.11 Å². The molecule has 0 saturated heterocycles. The van der Waals surface area contributed by atoms with Gasteiger partial charge in [-0.3, -0.25) is 9.59 Å². The number of carboxylic acids is 1.